The molecule has 0 aliphatic rings. The van der Waals surface area contributed by atoms with E-state index in [0.717, 1.165) is 11.3 Å². The number of Topliss-reactive ketones (excluding diaryl/α,β-unsaturated/α-hetero) is 1. The molecule has 0 aliphatic carbocycles. The van der Waals surface area contributed by atoms with Gasteiger partial charge in [-0.05, 0) is 30.7 Å². The van der Waals surface area contributed by atoms with Crippen molar-refractivity contribution in [3.8, 4) is 5.75 Å². The maximum atomic E-state index is 11.0. The van der Waals surface area contributed by atoms with E-state index in [1.807, 2.05) is 24.3 Å². The third-order valence-electron chi connectivity index (χ3n) is 2.36. The molecule has 1 heterocycles. The first kappa shape index (κ1) is 12.2. The lowest BCUT2D eigenvalue weighted by molar-refractivity contribution is -0.116. The molecule has 18 heavy (non-hydrogen) atoms. The van der Waals surface area contributed by atoms with Crippen molar-refractivity contribution in [3.63, 3.8) is 0 Å². The molecule has 0 saturated heterocycles. The minimum Gasteiger partial charge on any atom is -0.486 e. The van der Waals surface area contributed by atoms with Crippen LogP contribution >= 0.6 is 0 Å². The average molecular weight is 242 g/mol. The molecular weight excluding hydrogens is 228 g/mol. The number of ketones is 1. The van der Waals surface area contributed by atoms with Crippen LogP contribution in [0.25, 0.3) is 0 Å². The first-order chi connectivity index (χ1) is 8.74. The van der Waals surface area contributed by atoms with Gasteiger partial charge in [0.1, 0.15) is 18.1 Å². The Morgan fingerprint density at radius 1 is 1.17 bits per heavy atom. The topological polar surface area (TPSA) is 52.1 Å². The number of hydrogen-bond acceptors (Lipinski definition) is 4. The van der Waals surface area contributed by atoms with Gasteiger partial charge in [-0.1, -0.05) is 12.1 Å². The predicted octanol–water partition coefficient (Wildman–Crippen LogP) is 2.19. The molecule has 0 fully saturated rings. The van der Waals surface area contributed by atoms with Crippen molar-refractivity contribution in [2.24, 2.45) is 0 Å². The van der Waals surface area contributed by atoms with Gasteiger partial charge in [-0.25, -0.2) is 9.97 Å². The van der Waals surface area contributed by atoms with Crippen molar-refractivity contribution in [1.29, 1.82) is 0 Å². The second kappa shape index (κ2) is 5.91. The number of benzene rings is 1. The van der Waals surface area contributed by atoms with Crippen molar-refractivity contribution >= 4 is 5.78 Å². The highest BCUT2D eigenvalue weighted by Gasteiger charge is 2.00. The number of carbonyl (C=O) groups is 1. The molecule has 2 rings (SSSR count). The third-order valence-corrected chi connectivity index (χ3v) is 2.36. The van der Waals surface area contributed by atoms with Gasteiger partial charge in [0, 0.05) is 18.8 Å². The summed E-state index contributed by atoms with van der Waals surface area (Å²) in [6.07, 6.45) is 3.82. The zero-order valence-corrected chi connectivity index (χ0v) is 10.2. The molecule has 0 radical (unpaired) electrons. The van der Waals surface area contributed by atoms with Crippen LogP contribution in [0, 0.1) is 0 Å². The van der Waals surface area contributed by atoms with Crippen molar-refractivity contribution in [2.75, 3.05) is 0 Å². The average Bonchev–Trinajstić information content (AvgIpc) is 2.38. The molecule has 4 heteroatoms. The zero-order chi connectivity index (χ0) is 12.8. The molecule has 0 amide bonds. The molecule has 0 N–H and O–H groups in total. The monoisotopic (exact) mass is 242 g/mol. The maximum absolute atomic E-state index is 11.0. The molecule has 1 aromatic heterocycles. The highest BCUT2D eigenvalue weighted by atomic mass is 16.5. The molecule has 0 atom stereocenters. The standard InChI is InChI=1S/C14H14N2O2/c1-11(17)9-12-3-5-13(6-4-12)18-10-14-15-7-2-8-16-14/h2-8H,9-10H2,1H3. The SMILES string of the molecule is CC(=O)Cc1ccc(OCc2ncccn2)cc1. The number of ether oxygens (including phenoxy) is 1. The number of carbonyl (C=O) groups excluding carboxylic acids is 1. The van der Waals surface area contributed by atoms with E-state index in [-0.39, 0.29) is 5.78 Å². The van der Waals surface area contributed by atoms with Gasteiger partial charge in [-0.15, -0.1) is 0 Å². The highest BCUT2D eigenvalue weighted by Crippen LogP contribution is 2.13. The van der Waals surface area contributed by atoms with Gasteiger partial charge in [-0.3, -0.25) is 4.79 Å². The lowest BCUT2D eigenvalue weighted by Gasteiger charge is -2.05. The van der Waals surface area contributed by atoms with E-state index < -0.39 is 0 Å². The predicted molar refractivity (Wildman–Crippen MR) is 67.2 cm³/mol. The van der Waals surface area contributed by atoms with Crippen LogP contribution in [0.4, 0.5) is 0 Å². The van der Waals surface area contributed by atoms with E-state index in [4.69, 9.17) is 4.74 Å². The van der Waals surface area contributed by atoms with Crippen LogP contribution < -0.4 is 4.74 Å². The van der Waals surface area contributed by atoms with Crippen molar-refractivity contribution < 1.29 is 9.53 Å². The van der Waals surface area contributed by atoms with Crippen molar-refractivity contribution in [1.82, 2.24) is 9.97 Å². The molecular formula is C14H14N2O2. The minimum absolute atomic E-state index is 0.154. The van der Waals surface area contributed by atoms with E-state index in [1.54, 1.807) is 25.4 Å². The van der Waals surface area contributed by atoms with E-state index in [2.05, 4.69) is 9.97 Å². The summed E-state index contributed by atoms with van der Waals surface area (Å²) in [7, 11) is 0. The lowest BCUT2D eigenvalue weighted by Crippen LogP contribution is -2.01. The Hall–Kier alpha value is -2.23. The number of aromatic nitrogens is 2. The van der Waals surface area contributed by atoms with E-state index in [9.17, 15) is 4.79 Å². The van der Waals surface area contributed by atoms with Gasteiger partial charge < -0.3 is 4.74 Å². The fourth-order valence-electron chi connectivity index (χ4n) is 1.54. The molecule has 0 saturated carbocycles. The van der Waals surface area contributed by atoms with Gasteiger partial charge in [0.05, 0.1) is 0 Å². The van der Waals surface area contributed by atoms with E-state index in [1.165, 1.54) is 0 Å². The van der Waals surface area contributed by atoms with Crippen LogP contribution in [-0.2, 0) is 17.8 Å². The molecule has 0 unspecified atom stereocenters. The minimum atomic E-state index is 0.154. The van der Waals surface area contributed by atoms with Crippen LogP contribution in [0.1, 0.15) is 18.3 Å². The van der Waals surface area contributed by atoms with Crippen molar-refractivity contribution in [3.05, 3.63) is 54.1 Å². The zero-order valence-electron chi connectivity index (χ0n) is 10.2. The smallest absolute Gasteiger partial charge is 0.166 e. The van der Waals surface area contributed by atoms with Crippen LogP contribution in [-0.4, -0.2) is 15.8 Å². The Kier molecular flexibility index (Phi) is 4.02. The van der Waals surface area contributed by atoms with Crippen LogP contribution in [0.5, 0.6) is 5.75 Å². The van der Waals surface area contributed by atoms with E-state index >= 15 is 0 Å². The van der Waals surface area contributed by atoms with Crippen molar-refractivity contribution in [2.45, 2.75) is 20.0 Å². The summed E-state index contributed by atoms with van der Waals surface area (Å²) in [5.41, 5.74) is 0.991. The summed E-state index contributed by atoms with van der Waals surface area (Å²) >= 11 is 0. The number of rotatable bonds is 5. The van der Waals surface area contributed by atoms with Crippen LogP contribution in [0.3, 0.4) is 0 Å². The van der Waals surface area contributed by atoms with Crippen LogP contribution in [0.15, 0.2) is 42.7 Å². The largest absolute Gasteiger partial charge is 0.486 e. The molecule has 1 aromatic carbocycles. The summed E-state index contributed by atoms with van der Waals surface area (Å²) in [5, 5.41) is 0. The second-order valence-corrected chi connectivity index (χ2v) is 3.98. The number of hydrogen-bond donors (Lipinski definition) is 0. The fourth-order valence-corrected chi connectivity index (χ4v) is 1.54. The Morgan fingerprint density at radius 2 is 1.83 bits per heavy atom. The Balaban J connectivity index is 1.92. The number of nitrogens with zero attached hydrogens (tertiary/aromatic N) is 2. The summed E-state index contributed by atoms with van der Waals surface area (Å²) in [6.45, 7) is 1.92. The highest BCUT2D eigenvalue weighted by molar-refractivity contribution is 5.78. The van der Waals surface area contributed by atoms with Gasteiger partial charge in [-0.2, -0.15) is 0 Å². The molecule has 4 nitrogen and oxygen atoms in total. The van der Waals surface area contributed by atoms with E-state index in [0.29, 0.717) is 18.9 Å². The maximum Gasteiger partial charge on any atom is 0.166 e. The van der Waals surface area contributed by atoms with Gasteiger partial charge in [0.2, 0.25) is 0 Å². The Labute approximate surface area is 106 Å². The molecule has 0 spiro atoms. The van der Waals surface area contributed by atoms with Gasteiger partial charge in [0.15, 0.2) is 5.82 Å². The molecule has 0 bridgehead atoms. The molecule has 2 aromatic rings. The molecule has 0 aliphatic heterocycles. The summed E-state index contributed by atoms with van der Waals surface area (Å²) < 4.78 is 5.54. The second-order valence-electron chi connectivity index (χ2n) is 3.98. The summed E-state index contributed by atoms with van der Waals surface area (Å²) in [6, 6.07) is 9.24. The molecule has 92 valence electrons. The van der Waals surface area contributed by atoms with Gasteiger partial charge >= 0.3 is 0 Å². The lowest BCUT2D eigenvalue weighted by atomic mass is 10.1. The third kappa shape index (κ3) is 3.66. The Bertz CT molecular complexity index is 509. The summed E-state index contributed by atoms with van der Waals surface area (Å²) in [4.78, 5) is 19.1. The fraction of sp³-hybridized carbons (Fsp3) is 0.214. The summed E-state index contributed by atoms with van der Waals surface area (Å²) in [5.74, 6) is 1.54. The van der Waals surface area contributed by atoms with Gasteiger partial charge in [0.25, 0.3) is 0 Å². The first-order valence-electron chi connectivity index (χ1n) is 5.71. The Morgan fingerprint density at radius 3 is 2.44 bits per heavy atom. The quantitative estimate of drug-likeness (QED) is 0.806. The van der Waals surface area contributed by atoms with Crippen LogP contribution in [0.2, 0.25) is 0 Å². The first-order valence-corrected chi connectivity index (χ1v) is 5.71. The normalized spacial score (nSPS) is 10.1.